The van der Waals surface area contributed by atoms with Gasteiger partial charge in [-0.25, -0.2) is 9.78 Å². The van der Waals surface area contributed by atoms with Gasteiger partial charge in [0.25, 0.3) is 0 Å². The van der Waals surface area contributed by atoms with Gasteiger partial charge >= 0.3 is 5.97 Å². The van der Waals surface area contributed by atoms with Crippen LogP contribution < -0.4 is 0 Å². The maximum atomic E-state index is 11.7. The van der Waals surface area contributed by atoms with Gasteiger partial charge in [-0.3, -0.25) is 0 Å². The summed E-state index contributed by atoms with van der Waals surface area (Å²) in [4.78, 5) is 16.2. The fourth-order valence-corrected chi connectivity index (χ4v) is 2.27. The molecule has 0 saturated carbocycles. The molecule has 3 rings (SSSR count). The van der Waals surface area contributed by atoms with Gasteiger partial charge in [-0.1, -0.05) is 0 Å². The van der Waals surface area contributed by atoms with Crippen LogP contribution in [0.3, 0.4) is 0 Å². The van der Waals surface area contributed by atoms with Gasteiger partial charge < -0.3 is 13.9 Å². The molecule has 0 N–H and O–H groups in total. The molecular formula is C13H14N2O3. The van der Waals surface area contributed by atoms with Crippen LogP contribution in [0.15, 0.2) is 24.5 Å². The molecule has 0 bridgehead atoms. The van der Waals surface area contributed by atoms with E-state index in [-0.39, 0.29) is 12.1 Å². The molecule has 1 fully saturated rings. The third kappa shape index (κ3) is 1.76. The first-order valence-electron chi connectivity index (χ1n) is 5.97. The molecule has 1 saturated heterocycles. The lowest BCUT2D eigenvalue weighted by Crippen LogP contribution is -2.03. The highest BCUT2D eigenvalue weighted by molar-refractivity contribution is 5.95. The van der Waals surface area contributed by atoms with E-state index < -0.39 is 0 Å². The standard InChI is InChI=1S/C13H14N2O3/c1-17-13(16)9-4-2-6-15-8-10(14-12(9)15)11-5-3-7-18-11/h2,4,6,8,11H,3,5,7H2,1H3. The van der Waals surface area contributed by atoms with E-state index in [9.17, 15) is 4.79 Å². The van der Waals surface area contributed by atoms with Crippen molar-refractivity contribution < 1.29 is 14.3 Å². The van der Waals surface area contributed by atoms with Crippen LogP contribution >= 0.6 is 0 Å². The number of esters is 1. The van der Waals surface area contributed by atoms with E-state index in [2.05, 4.69) is 4.98 Å². The zero-order valence-electron chi connectivity index (χ0n) is 10.1. The van der Waals surface area contributed by atoms with E-state index in [1.54, 1.807) is 12.1 Å². The lowest BCUT2D eigenvalue weighted by molar-refractivity contribution is 0.0602. The van der Waals surface area contributed by atoms with E-state index in [4.69, 9.17) is 9.47 Å². The molecular weight excluding hydrogens is 232 g/mol. The van der Waals surface area contributed by atoms with Crippen molar-refractivity contribution in [2.75, 3.05) is 13.7 Å². The Kier molecular flexibility index (Phi) is 2.76. The van der Waals surface area contributed by atoms with Crippen molar-refractivity contribution in [3.8, 4) is 0 Å². The van der Waals surface area contributed by atoms with Crippen molar-refractivity contribution in [3.63, 3.8) is 0 Å². The van der Waals surface area contributed by atoms with Gasteiger partial charge in [0.2, 0.25) is 0 Å². The molecule has 0 radical (unpaired) electrons. The van der Waals surface area contributed by atoms with Gasteiger partial charge in [0, 0.05) is 19.0 Å². The molecule has 3 heterocycles. The lowest BCUT2D eigenvalue weighted by atomic mass is 10.2. The van der Waals surface area contributed by atoms with Crippen molar-refractivity contribution >= 4 is 11.6 Å². The quantitative estimate of drug-likeness (QED) is 0.760. The highest BCUT2D eigenvalue weighted by Crippen LogP contribution is 2.28. The first-order chi connectivity index (χ1) is 8.79. The van der Waals surface area contributed by atoms with Crippen LogP contribution in [0, 0.1) is 0 Å². The number of hydrogen-bond donors (Lipinski definition) is 0. The molecule has 0 amide bonds. The highest BCUT2D eigenvalue weighted by atomic mass is 16.5. The second-order valence-corrected chi connectivity index (χ2v) is 4.31. The van der Waals surface area contributed by atoms with Crippen molar-refractivity contribution in [1.82, 2.24) is 9.38 Å². The molecule has 0 aromatic carbocycles. The molecule has 0 spiro atoms. The summed E-state index contributed by atoms with van der Waals surface area (Å²) in [6.07, 6.45) is 5.88. The number of imidazole rings is 1. The summed E-state index contributed by atoms with van der Waals surface area (Å²) in [6.45, 7) is 0.780. The Morgan fingerprint density at radius 1 is 1.61 bits per heavy atom. The fraction of sp³-hybridized carbons (Fsp3) is 0.385. The maximum absolute atomic E-state index is 11.7. The summed E-state index contributed by atoms with van der Waals surface area (Å²) < 4.78 is 12.2. The number of ether oxygens (including phenoxy) is 2. The molecule has 0 aliphatic carbocycles. The van der Waals surface area contributed by atoms with Crippen molar-refractivity contribution in [3.05, 3.63) is 35.8 Å². The number of nitrogens with zero attached hydrogens (tertiary/aromatic N) is 2. The van der Waals surface area contributed by atoms with Crippen molar-refractivity contribution in [2.24, 2.45) is 0 Å². The third-order valence-corrected chi connectivity index (χ3v) is 3.17. The van der Waals surface area contributed by atoms with Gasteiger partial charge in [0.1, 0.15) is 11.7 Å². The minimum absolute atomic E-state index is 0.0513. The average molecular weight is 246 g/mol. The second-order valence-electron chi connectivity index (χ2n) is 4.31. The van der Waals surface area contributed by atoms with Crippen molar-refractivity contribution in [1.29, 1.82) is 0 Å². The maximum Gasteiger partial charge on any atom is 0.341 e. The normalized spacial score (nSPS) is 19.3. The van der Waals surface area contributed by atoms with Crippen LogP contribution in [0.1, 0.15) is 35.0 Å². The molecule has 1 aliphatic heterocycles. The number of carbonyl (C=O) groups is 1. The van der Waals surface area contributed by atoms with Gasteiger partial charge in [-0.2, -0.15) is 0 Å². The second kappa shape index (κ2) is 4.42. The van der Waals surface area contributed by atoms with E-state index in [1.165, 1.54) is 7.11 Å². The van der Waals surface area contributed by atoms with E-state index >= 15 is 0 Å². The molecule has 18 heavy (non-hydrogen) atoms. The predicted molar refractivity (Wildman–Crippen MR) is 64.5 cm³/mol. The summed E-state index contributed by atoms with van der Waals surface area (Å²) in [6, 6.07) is 3.52. The monoisotopic (exact) mass is 246 g/mol. The van der Waals surface area contributed by atoms with Gasteiger partial charge in [0.05, 0.1) is 12.8 Å². The first kappa shape index (κ1) is 11.2. The topological polar surface area (TPSA) is 52.8 Å². The predicted octanol–water partition coefficient (Wildman–Crippen LogP) is 1.97. The van der Waals surface area contributed by atoms with E-state index in [0.717, 1.165) is 25.1 Å². The largest absolute Gasteiger partial charge is 0.465 e. The Hall–Kier alpha value is -1.88. The Morgan fingerprint density at radius 3 is 3.22 bits per heavy atom. The van der Waals surface area contributed by atoms with Crippen LogP contribution in [-0.4, -0.2) is 29.1 Å². The number of carbonyl (C=O) groups excluding carboxylic acids is 1. The number of aromatic nitrogens is 2. The van der Waals surface area contributed by atoms with E-state index in [1.807, 2.05) is 16.8 Å². The van der Waals surface area contributed by atoms with Crippen LogP contribution in [0.25, 0.3) is 5.65 Å². The summed E-state index contributed by atoms with van der Waals surface area (Å²) in [5, 5.41) is 0. The number of methoxy groups -OCH3 is 1. The number of pyridine rings is 1. The first-order valence-corrected chi connectivity index (χ1v) is 5.97. The van der Waals surface area contributed by atoms with Gasteiger partial charge in [-0.15, -0.1) is 0 Å². The molecule has 1 atom stereocenters. The Labute approximate surface area is 104 Å². The SMILES string of the molecule is COC(=O)c1cccn2cc(C3CCCO3)nc12. The lowest BCUT2D eigenvalue weighted by Gasteiger charge is -2.03. The highest BCUT2D eigenvalue weighted by Gasteiger charge is 2.22. The smallest absolute Gasteiger partial charge is 0.341 e. The number of rotatable bonds is 2. The third-order valence-electron chi connectivity index (χ3n) is 3.17. The number of fused-ring (bicyclic) bond motifs is 1. The van der Waals surface area contributed by atoms with Crippen LogP contribution in [0.2, 0.25) is 0 Å². The Balaban J connectivity index is 2.08. The molecule has 5 heteroatoms. The van der Waals surface area contributed by atoms with Crippen LogP contribution in [0.4, 0.5) is 0 Å². The molecule has 1 aliphatic rings. The summed E-state index contributed by atoms with van der Waals surface area (Å²) in [5.41, 5.74) is 1.97. The molecule has 2 aromatic heterocycles. The fourth-order valence-electron chi connectivity index (χ4n) is 2.27. The van der Waals surface area contributed by atoms with Gasteiger partial charge in [-0.05, 0) is 25.0 Å². The molecule has 2 aromatic rings. The van der Waals surface area contributed by atoms with Crippen molar-refractivity contribution in [2.45, 2.75) is 18.9 Å². The minimum Gasteiger partial charge on any atom is -0.465 e. The summed E-state index contributed by atoms with van der Waals surface area (Å²) in [5.74, 6) is -0.370. The summed E-state index contributed by atoms with van der Waals surface area (Å²) >= 11 is 0. The minimum atomic E-state index is -0.370. The van der Waals surface area contributed by atoms with Crippen LogP contribution in [-0.2, 0) is 9.47 Å². The average Bonchev–Trinajstić information content (AvgIpc) is 3.04. The number of hydrogen-bond acceptors (Lipinski definition) is 4. The van der Waals surface area contributed by atoms with Crippen LogP contribution in [0.5, 0.6) is 0 Å². The van der Waals surface area contributed by atoms with Gasteiger partial charge in [0.15, 0.2) is 5.65 Å². The zero-order chi connectivity index (χ0) is 12.5. The molecule has 1 unspecified atom stereocenters. The zero-order valence-corrected chi connectivity index (χ0v) is 10.1. The summed E-state index contributed by atoms with van der Waals surface area (Å²) in [7, 11) is 1.37. The van der Waals surface area contributed by atoms with E-state index in [0.29, 0.717) is 11.2 Å². The molecule has 5 nitrogen and oxygen atoms in total. The Morgan fingerprint density at radius 2 is 2.50 bits per heavy atom. The Bertz CT molecular complexity index is 585. The molecule has 94 valence electrons.